The van der Waals surface area contributed by atoms with E-state index in [0.29, 0.717) is 52.1 Å². The number of ether oxygens (including phenoxy) is 4. The summed E-state index contributed by atoms with van der Waals surface area (Å²) in [6, 6.07) is 21.8. The first-order valence-electron chi connectivity index (χ1n) is 19.1. The summed E-state index contributed by atoms with van der Waals surface area (Å²) >= 11 is 0. The summed E-state index contributed by atoms with van der Waals surface area (Å²) in [5, 5.41) is 36.0. The van der Waals surface area contributed by atoms with Crippen LogP contribution < -0.4 is 25.7 Å². The van der Waals surface area contributed by atoms with E-state index in [0.717, 1.165) is 11.6 Å². The van der Waals surface area contributed by atoms with Gasteiger partial charge in [-0.2, -0.15) is 33.9 Å². The third-order valence-corrected chi connectivity index (χ3v) is 10.2. The van der Waals surface area contributed by atoms with Gasteiger partial charge in [-0.15, -0.1) is 0 Å². The first kappa shape index (κ1) is 42.8. The number of benzene rings is 4. The number of rotatable bonds is 16. The van der Waals surface area contributed by atoms with Crippen molar-refractivity contribution >= 4 is 28.1 Å². The standard InChI is InChI=1S/C43H37F4N9O6/c1-42(23-61-31-9-3-25(21-48)4-10-31,41(58)52-29-8-5-27(22-49)34(19-29)43(45,46)47)62-16-14-59-13-15-60-30-11-6-26(7-12-30)38-33(20-36-50-24-51-56(36)2)39-37-32(40(57)55-54-39)17-28(44)18-35(37)53-38/h3-12,17-19,24,33,38,53H,13-16,20,23H2,1-2H3,(H,52,58)(H,55,57)/t33-,38-,42+/m1/s1. The van der Waals surface area contributed by atoms with Gasteiger partial charge in [-0.25, -0.2) is 14.5 Å². The molecule has 0 radical (unpaired) electrons. The number of nitriles is 2. The van der Waals surface area contributed by atoms with Crippen LogP contribution in [-0.4, -0.2) is 69.5 Å². The van der Waals surface area contributed by atoms with Gasteiger partial charge in [-0.3, -0.25) is 14.3 Å². The average Bonchev–Trinajstić information content (AvgIpc) is 3.67. The van der Waals surface area contributed by atoms with Crippen molar-refractivity contribution in [2.75, 3.05) is 43.7 Å². The minimum atomic E-state index is -4.83. The van der Waals surface area contributed by atoms with Gasteiger partial charge >= 0.3 is 6.18 Å². The second-order valence-electron chi connectivity index (χ2n) is 14.4. The molecule has 0 spiro atoms. The third kappa shape index (κ3) is 9.49. The summed E-state index contributed by atoms with van der Waals surface area (Å²) in [6.45, 7) is 1.19. The summed E-state index contributed by atoms with van der Waals surface area (Å²) < 4.78 is 80.5. The molecule has 4 aromatic carbocycles. The lowest BCUT2D eigenvalue weighted by molar-refractivity contribution is -0.146. The Kier molecular flexibility index (Phi) is 12.5. The van der Waals surface area contributed by atoms with Crippen molar-refractivity contribution in [3.63, 3.8) is 0 Å². The maximum absolute atomic E-state index is 14.7. The van der Waals surface area contributed by atoms with Crippen LogP contribution in [0.2, 0.25) is 0 Å². The topological polar surface area (TPSA) is 202 Å². The van der Waals surface area contributed by atoms with E-state index in [-0.39, 0.29) is 50.0 Å². The third-order valence-electron chi connectivity index (χ3n) is 10.2. The van der Waals surface area contributed by atoms with Crippen LogP contribution in [0.3, 0.4) is 0 Å². The van der Waals surface area contributed by atoms with Crippen molar-refractivity contribution < 1.29 is 41.3 Å². The molecule has 15 nitrogen and oxygen atoms in total. The van der Waals surface area contributed by atoms with E-state index in [1.807, 2.05) is 18.2 Å². The van der Waals surface area contributed by atoms with Gasteiger partial charge in [0.05, 0.1) is 65.8 Å². The van der Waals surface area contributed by atoms with Gasteiger partial charge in [-0.05, 0) is 79.2 Å². The van der Waals surface area contributed by atoms with Gasteiger partial charge in [0.1, 0.15) is 42.7 Å². The van der Waals surface area contributed by atoms with Crippen molar-refractivity contribution in [1.82, 2.24) is 25.0 Å². The van der Waals surface area contributed by atoms with Crippen molar-refractivity contribution in [3.8, 4) is 23.6 Å². The molecule has 1 aliphatic heterocycles. The summed E-state index contributed by atoms with van der Waals surface area (Å²) in [5.74, 6) is -0.176. The van der Waals surface area contributed by atoms with Gasteiger partial charge in [0.25, 0.3) is 11.5 Å². The molecule has 19 heteroatoms. The highest BCUT2D eigenvalue weighted by Crippen LogP contribution is 2.45. The lowest BCUT2D eigenvalue weighted by Gasteiger charge is -2.34. The number of H-pyrrole nitrogens is 1. The van der Waals surface area contributed by atoms with E-state index in [1.54, 1.807) is 23.9 Å². The zero-order valence-corrected chi connectivity index (χ0v) is 33.1. The molecule has 1 aliphatic rings. The van der Waals surface area contributed by atoms with Crippen LogP contribution in [0.5, 0.6) is 11.5 Å². The fourth-order valence-corrected chi connectivity index (χ4v) is 6.98. The van der Waals surface area contributed by atoms with E-state index in [2.05, 4.69) is 30.9 Å². The largest absolute Gasteiger partial charge is 0.491 e. The Labute approximate surface area is 350 Å². The average molecular weight is 852 g/mol. The molecule has 3 heterocycles. The van der Waals surface area contributed by atoms with Gasteiger partial charge in [0, 0.05) is 36.1 Å². The number of carbonyl (C=O) groups is 1. The second kappa shape index (κ2) is 18.1. The molecule has 318 valence electrons. The summed E-state index contributed by atoms with van der Waals surface area (Å²) in [4.78, 5) is 30.6. The van der Waals surface area contributed by atoms with Gasteiger partial charge in [-0.1, -0.05) is 12.1 Å². The SMILES string of the molecule is Cn1ncnc1C[C@H]1c2n[nH]c(=O)c3cc(F)cc(c23)N[C@@H]1c1ccc(OCCOCCO[C@@](C)(COc2ccc(C#N)cc2)C(=O)Nc2ccc(C#N)c(C(F)(F)F)c2)cc1. The van der Waals surface area contributed by atoms with Gasteiger partial charge < -0.3 is 29.6 Å². The highest BCUT2D eigenvalue weighted by Gasteiger charge is 2.38. The van der Waals surface area contributed by atoms with Crippen molar-refractivity contribution in [3.05, 3.63) is 135 Å². The predicted octanol–water partition coefficient (Wildman–Crippen LogP) is 6.33. The molecule has 62 heavy (non-hydrogen) atoms. The van der Waals surface area contributed by atoms with Crippen LogP contribution in [0.25, 0.3) is 10.8 Å². The fraction of sp³-hybridized carbons (Fsp3) is 0.279. The van der Waals surface area contributed by atoms with Crippen LogP contribution >= 0.6 is 0 Å². The first-order valence-corrected chi connectivity index (χ1v) is 19.1. The van der Waals surface area contributed by atoms with E-state index < -0.39 is 46.2 Å². The molecule has 0 aliphatic carbocycles. The quantitative estimate of drug-likeness (QED) is 0.0722. The highest BCUT2D eigenvalue weighted by molar-refractivity contribution is 5.98. The Balaban J connectivity index is 0.960. The van der Waals surface area contributed by atoms with Crippen molar-refractivity contribution in [1.29, 1.82) is 10.5 Å². The molecule has 0 saturated carbocycles. The van der Waals surface area contributed by atoms with E-state index in [4.69, 9.17) is 29.5 Å². The number of hydrogen-bond donors (Lipinski definition) is 3. The number of nitrogens with one attached hydrogen (secondary N) is 3. The number of nitrogens with zero attached hydrogens (tertiary/aromatic N) is 6. The number of carbonyl (C=O) groups excluding carboxylic acids is 1. The lowest BCUT2D eigenvalue weighted by Crippen LogP contribution is -2.48. The van der Waals surface area contributed by atoms with Crippen molar-refractivity contribution in [2.45, 2.75) is 37.1 Å². The Hall–Kier alpha value is -7.35. The van der Waals surface area contributed by atoms with E-state index >= 15 is 0 Å². The fourth-order valence-electron chi connectivity index (χ4n) is 6.98. The maximum atomic E-state index is 14.7. The number of hydrogen-bond acceptors (Lipinski definition) is 12. The van der Waals surface area contributed by atoms with Crippen LogP contribution in [0.1, 0.15) is 52.7 Å². The number of aryl methyl sites for hydroxylation is 1. The number of aromatic amines is 1. The Morgan fingerprint density at radius 1 is 0.935 bits per heavy atom. The molecule has 7 rings (SSSR count). The van der Waals surface area contributed by atoms with Gasteiger partial charge in [0.15, 0.2) is 5.60 Å². The van der Waals surface area contributed by atoms with Gasteiger partial charge in [0.2, 0.25) is 0 Å². The molecular weight excluding hydrogens is 815 g/mol. The highest BCUT2D eigenvalue weighted by atomic mass is 19.4. The zero-order valence-electron chi connectivity index (χ0n) is 33.1. The summed E-state index contributed by atoms with van der Waals surface area (Å²) in [6.07, 6.45) is -2.97. The second-order valence-corrected chi connectivity index (χ2v) is 14.4. The summed E-state index contributed by atoms with van der Waals surface area (Å²) in [5.41, 5.74) is -1.99. The van der Waals surface area contributed by atoms with Crippen molar-refractivity contribution in [2.24, 2.45) is 7.05 Å². The molecule has 3 atom stereocenters. The number of aromatic nitrogens is 5. The lowest BCUT2D eigenvalue weighted by atomic mass is 9.82. The molecule has 0 unspecified atom stereocenters. The molecule has 6 aromatic rings. The zero-order chi connectivity index (χ0) is 44.0. The minimum Gasteiger partial charge on any atom is -0.491 e. The number of halogens is 4. The Morgan fingerprint density at radius 2 is 1.66 bits per heavy atom. The van der Waals surface area contributed by atoms with Crippen LogP contribution in [0.15, 0.2) is 90.0 Å². The Morgan fingerprint density at radius 3 is 2.35 bits per heavy atom. The first-order chi connectivity index (χ1) is 29.8. The van der Waals surface area contributed by atoms with Crippen LogP contribution in [-0.2, 0) is 33.9 Å². The van der Waals surface area contributed by atoms with E-state index in [9.17, 15) is 27.2 Å². The van der Waals surface area contributed by atoms with Crippen LogP contribution in [0, 0.1) is 28.5 Å². The smallest absolute Gasteiger partial charge is 0.417 e. The predicted molar refractivity (Wildman–Crippen MR) is 215 cm³/mol. The molecular formula is C43H37F4N9O6. The molecule has 0 saturated heterocycles. The molecule has 2 aromatic heterocycles. The Bertz CT molecular complexity index is 2730. The molecule has 1 amide bonds. The normalized spacial score (nSPS) is 15.5. The maximum Gasteiger partial charge on any atom is 0.417 e. The number of anilines is 2. The summed E-state index contributed by atoms with van der Waals surface area (Å²) in [7, 11) is 1.78. The van der Waals surface area contributed by atoms with E-state index in [1.165, 1.54) is 61.8 Å². The number of alkyl halides is 3. The molecule has 3 N–H and O–H groups in total. The minimum absolute atomic E-state index is 0.00546. The number of amides is 1. The van der Waals surface area contributed by atoms with Crippen LogP contribution in [0.4, 0.5) is 28.9 Å². The molecule has 0 fully saturated rings. The molecule has 0 bridgehead atoms. The monoisotopic (exact) mass is 851 g/mol.